The van der Waals surface area contributed by atoms with Crippen LogP contribution >= 0.6 is 0 Å². The number of aromatic nitrogens is 4. The van der Waals surface area contributed by atoms with Gasteiger partial charge in [0.25, 0.3) is 0 Å². The number of nitrogens with zero attached hydrogens (tertiary/aromatic N) is 4. The van der Waals surface area contributed by atoms with E-state index in [1.807, 2.05) is 29.1 Å². The zero-order valence-electron chi connectivity index (χ0n) is 30.3. The molecule has 5 nitrogen and oxygen atoms in total. The molecule has 1 atom stereocenters. The van der Waals surface area contributed by atoms with E-state index in [4.69, 9.17) is 14.8 Å². The maximum atomic E-state index is 6.61. The number of aryl methyl sites for hydroxylation is 2. The van der Waals surface area contributed by atoms with Crippen molar-refractivity contribution < 1.29 is 4.74 Å². The van der Waals surface area contributed by atoms with Crippen molar-refractivity contribution >= 4 is 21.8 Å². The summed E-state index contributed by atoms with van der Waals surface area (Å²) in [5.74, 6) is 3.72. The monoisotopic (exact) mass is 660 g/mol. The van der Waals surface area contributed by atoms with Gasteiger partial charge in [-0.2, -0.15) is 5.10 Å². The Morgan fingerprint density at radius 3 is 2.36 bits per heavy atom. The van der Waals surface area contributed by atoms with Crippen LogP contribution in [0.25, 0.3) is 44.4 Å². The Bertz CT molecular complexity index is 2260. The maximum absolute atomic E-state index is 6.61. The third-order valence-electron chi connectivity index (χ3n) is 9.98. The van der Waals surface area contributed by atoms with Crippen molar-refractivity contribution in [2.24, 2.45) is 5.92 Å². The van der Waals surface area contributed by atoms with Crippen LogP contribution in [-0.4, -0.2) is 19.3 Å². The van der Waals surface area contributed by atoms with E-state index in [0.717, 1.165) is 64.2 Å². The van der Waals surface area contributed by atoms with Gasteiger partial charge in [-0.05, 0) is 104 Å². The van der Waals surface area contributed by atoms with Crippen molar-refractivity contribution in [3.8, 4) is 34.1 Å². The molecule has 3 heterocycles. The SMILES string of the molecule is CCCc1ccnc(-n2c3ccc(C(C)CCCC(C)C)cc3c3ccc(Oc4cccc(-n5nc(C)c(-c6ccccc6)c5C)c4)cc32)c1. The minimum Gasteiger partial charge on any atom is -0.457 e. The summed E-state index contributed by atoms with van der Waals surface area (Å²) in [6.45, 7) is 13.4. The lowest BCUT2D eigenvalue weighted by molar-refractivity contribution is 0.482. The molecule has 0 N–H and O–H groups in total. The highest BCUT2D eigenvalue weighted by atomic mass is 16.5. The molecule has 0 spiro atoms. The van der Waals surface area contributed by atoms with Crippen LogP contribution in [0.1, 0.15) is 81.8 Å². The molecule has 1 unspecified atom stereocenters. The predicted molar refractivity (Wildman–Crippen MR) is 208 cm³/mol. The second-order valence-corrected chi connectivity index (χ2v) is 14.2. The van der Waals surface area contributed by atoms with Gasteiger partial charge in [-0.25, -0.2) is 9.67 Å². The molecule has 0 saturated heterocycles. The topological polar surface area (TPSA) is 44.9 Å². The zero-order valence-corrected chi connectivity index (χ0v) is 30.3. The number of pyridine rings is 1. The third kappa shape index (κ3) is 6.69. The Morgan fingerprint density at radius 1 is 0.740 bits per heavy atom. The fourth-order valence-corrected chi connectivity index (χ4v) is 7.39. The van der Waals surface area contributed by atoms with E-state index in [1.165, 1.54) is 52.3 Å². The molecule has 0 fully saturated rings. The van der Waals surface area contributed by atoms with Crippen LogP contribution < -0.4 is 4.74 Å². The molecule has 0 bridgehead atoms. The molecule has 50 heavy (non-hydrogen) atoms. The number of rotatable bonds is 12. The first-order valence-electron chi connectivity index (χ1n) is 18.2. The summed E-state index contributed by atoms with van der Waals surface area (Å²) in [5, 5.41) is 7.39. The highest BCUT2D eigenvalue weighted by Crippen LogP contribution is 2.38. The zero-order chi connectivity index (χ0) is 34.8. The quantitative estimate of drug-likeness (QED) is 0.131. The standard InChI is InChI=1S/C45H48N4O/c1-7-13-34-24-25-46-44(26-34)48-42-23-20-36(31(4)15-11-14-30(2)3)27-41(42)40-22-21-39(29-43(40)48)50-38-19-12-18-37(28-38)49-33(6)45(32(5)47-49)35-16-9-8-10-17-35/h8-10,12,16-31H,7,11,13-15H2,1-6H3. The minimum atomic E-state index is 0.503. The smallest absolute Gasteiger partial charge is 0.137 e. The second kappa shape index (κ2) is 14.4. The molecule has 7 aromatic rings. The van der Waals surface area contributed by atoms with Gasteiger partial charge in [0.15, 0.2) is 0 Å². The molecule has 3 aromatic heterocycles. The summed E-state index contributed by atoms with van der Waals surface area (Å²) < 4.78 is 10.9. The number of fused-ring (bicyclic) bond motifs is 3. The molecule has 7 rings (SSSR count). The van der Waals surface area contributed by atoms with Gasteiger partial charge >= 0.3 is 0 Å². The Balaban J connectivity index is 1.27. The summed E-state index contributed by atoms with van der Waals surface area (Å²) in [4.78, 5) is 4.89. The average molecular weight is 661 g/mol. The van der Waals surface area contributed by atoms with Gasteiger partial charge in [0.2, 0.25) is 0 Å². The number of hydrogen-bond acceptors (Lipinski definition) is 3. The van der Waals surface area contributed by atoms with Gasteiger partial charge in [0.1, 0.15) is 17.3 Å². The number of hydrogen-bond donors (Lipinski definition) is 0. The van der Waals surface area contributed by atoms with Gasteiger partial charge in [0, 0.05) is 40.4 Å². The predicted octanol–water partition coefficient (Wildman–Crippen LogP) is 12.3. The summed E-state index contributed by atoms with van der Waals surface area (Å²) >= 11 is 0. The van der Waals surface area contributed by atoms with Crippen LogP contribution in [0.4, 0.5) is 0 Å². The van der Waals surface area contributed by atoms with Crippen LogP contribution in [0.3, 0.4) is 0 Å². The fraction of sp³-hybridized carbons (Fsp3) is 0.289. The first kappa shape index (κ1) is 33.3. The van der Waals surface area contributed by atoms with E-state index in [9.17, 15) is 0 Å². The first-order chi connectivity index (χ1) is 24.3. The average Bonchev–Trinajstić information content (AvgIpc) is 3.60. The van der Waals surface area contributed by atoms with Crippen molar-refractivity contribution in [3.05, 3.63) is 132 Å². The van der Waals surface area contributed by atoms with Crippen molar-refractivity contribution in [1.29, 1.82) is 0 Å². The van der Waals surface area contributed by atoms with E-state index in [0.29, 0.717) is 5.92 Å². The molecule has 254 valence electrons. The van der Waals surface area contributed by atoms with E-state index in [2.05, 4.69) is 131 Å². The summed E-state index contributed by atoms with van der Waals surface area (Å²) in [6, 6.07) is 36.5. The van der Waals surface area contributed by atoms with Crippen LogP contribution in [0.15, 0.2) is 109 Å². The van der Waals surface area contributed by atoms with Crippen molar-refractivity contribution in [1.82, 2.24) is 19.3 Å². The lowest BCUT2D eigenvalue weighted by Gasteiger charge is -2.14. The van der Waals surface area contributed by atoms with Crippen molar-refractivity contribution in [2.75, 3.05) is 0 Å². The van der Waals surface area contributed by atoms with E-state index in [1.54, 1.807) is 0 Å². The van der Waals surface area contributed by atoms with Crippen LogP contribution in [0, 0.1) is 19.8 Å². The lowest BCUT2D eigenvalue weighted by atomic mass is 9.92. The Kier molecular flexibility index (Phi) is 9.58. The molecular weight excluding hydrogens is 613 g/mol. The van der Waals surface area contributed by atoms with E-state index >= 15 is 0 Å². The normalized spacial score (nSPS) is 12.3. The molecule has 0 aliphatic rings. The fourth-order valence-electron chi connectivity index (χ4n) is 7.39. The molecule has 5 heteroatoms. The Labute approximate surface area is 296 Å². The molecule has 0 saturated carbocycles. The molecular formula is C45H48N4O. The van der Waals surface area contributed by atoms with E-state index in [-0.39, 0.29) is 0 Å². The van der Waals surface area contributed by atoms with Gasteiger partial charge < -0.3 is 4.74 Å². The van der Waals surface area contributed by atoms with Gasteiger partial charge in [-0.1, -0.05) is 89.4 Å². The summed E-state index contributed by atoms with van der Waals surface area (Å²) in [5.41, 5.74) is 10.4. The molecule has 0 aliphatic heterocycles. The molecule has 0 aliphatic carbocycles. The Hall–Kier alpha value is -5.16. The lowest BCUT2D eigenvalue weighted by Crippen LogP contribution is -2.00. The van der Waals surface area contributed by atoms with Gasteiger partial charge in [0.05, 0.1) is 22.4 Å². The van der Waals surface area contributed by atoms with Crippen molar-refractivity contribution in [3.63, 3.8) is 0 Å². The van der Waals surface area contributed by atoms with Crippen LogP contribution in [-0.2, 0) is 6.42 Å². The molecule has 0 amide bonds. The van der Waals surface area contributed by atoms with Gasteiger partial charge in [-0.3, -0.25) is 4.57 Å². The third-order valence-corrected chi connectivity index (χ3v) is 9.98. The first-order valence-corrected chi connectivity index (χ1v) is 18.2. The maximum Gasteiger partial charge on any atom is 0.137 e. The minimum absolute atomic E-state index is 0.503. The highest BCUT2D eigenvalue weighted by Gasteiger charge is 2.18. The Morgan fingerprint density at radius 2 is 1.56 bits per heavy atom. The highest BCUT2D eigenvalue weighted by molar-refractivity contribution is 6.09. The number of ether oxygens (including phenoxy) is 1. The van der Waals surface area contributed by atoms with Crippen LogP contribution in [0.5, 0.6) is 11.5 Å². The molecule has 4 aromatic carbocycles. The van der Waals surface area contributed by atoms with Crippen LogP contribution in [0.2, 0.25) is 0 Å². The second-order valence-electron chi connectivity index (χ2n) is 14.2. The largest absolute Gasteiger partial charge is 0.457 e. The number of benzene rings is 4. The van der Waals surface area contributed by atoms with Crippen molar-refractivity contribution in [2.45, 2.75) is 79.6 Å². The molecule has 0 radical (unpaired) electrons. The van der Waals surface area contributed by atoms with Gasteiger partial charge in [-0.15, -0.1) is 0 Å². The summed E-state index contributed by atoms with van der Waals surface area (Å²) in [6.07, 6.45) is 7.78. The van der Waals surface area contributed by atoms with E-state index < -0.39 is 0 Å². The summed E-state index contributed by atoms with van der Waals surface area (Å²) in [7, 11) is 0.